The van der Waals surface area contributed by atoms with Gasteiger partial charge in [-0.3, -0.25) is 4.90 Å². The second kappa shape index (κ2) is 5.13. The van der Waals surface area contributed by atoms with Gasteiger partial charge in [0, 0.05) is 24.2 Å². The molecule has 0 aromatic carbocycles. The summed E-state index contributed by atoms with van der Waals surface area (Å²) in [5, 5.41) is 3.87. The average Bonchev–Trinajstić information content (AvgIpc) is 3.15. The van der Waals surface area contributed by atoms with Gasteiger partial charge in [0.1, 0.15) is 0 Å². The van der Waals surface area contributed by atoms with Crippen LogP contribution in [0.2, 0.25) is 0 Å². The first-order valence-electron chi connectivity index (χ1n) is 7.90. The second-order valence-corrected chi connectivity index (χ2v) is 7.50. The number of hydrogen-bond donors (Lipinski definition) is 1. The number of nitrogens with zero attached hydrogens (tertiary/aromatic N) is 1. The molecule has 0 aromatic rings. The minimum absolute atomic E-state index is 0.364. The highest BCUT2D eigenvalue weighted by atomic mass is 15.3. The highest BCUT2D eigenvalue weighted by Gasteiger charge is 2.48. The molecule has 2 rings (SSSR count). The smallest absolute Gasteiger partial charge is 0.0309 e. The molecule has 2 aliphatic rings. The van der Waals surface area contributed by atoms with E-state index >= 15 is 0 Å². The van der Waals surface area contributed by atoms with Crippen LogP contribution in [0.25, 0.3) is 0 Å². The summed E-state index contributed by atoms with van der Waals surface area (Å²) in [5.74, 6) is 1.74. The molecule has 106 valence electrons. The van der Waals surface area contributed by atoms with Crippen molar-refractivity contribution in [3.8, 4) is 0 Å². The molecule has 18 heavy (non-hydrogen) atoms. The van der Waals surface area contributed by atoms with Gasteiger partial charge in [0.05, 0.1) is 0 Å². The maximum Gasteiger partial charge on any atom is 0.0309 e. The molecule has 2 heteroatoms. The predicted octanol–water partition coefficient (Wildman–Crippen LogP) is 3.28. The number of rotatable bonds is 5. The average molecular weight is 252 g/mol. The van der Waals surface area contributed by atoms with E-state index in [9.17, 15) is 0 Å². The Morgan fingerprint density at radius 3 is 2.44 bits per heavy atom. The molecule has 1 aliphatic heterocycles. The molecule has 0 bridgehead atoms. The van der Waals surface area contributed by atoms with E-state index in [2.05, 4.69) is 44.8 Å². The van der Waals surface area contributed by atoms with Gasteiger partial charge in [-0.1, -0.05) is 20.8 Å². The fraction of sp³-hybridized carbons (Fsp3) is 1.00. The Morgan fingerprint density at radius 2 is 1.94 bits per heavy atom. The molecular weight excluding hydrogens is 220 g/mol. The second-order valence-electron chi connectivity index (χ2n) is 7.50. The van der Waals surface area contributed by atoms with E-state index in [0.29, 0.717) is 11.1 Å². The summed E-state index contributed by atoms with van der Waals surface area (Å²) >= 11 is 0. The summed E-state index contributed by atoms with van der Waals surface area (Å²) in [6.45, 7) is 15.6. The quantitative estimate of drug-likeness (QED) is 0.808. The molecule has 1 saturated heterocycles. The Kier molecular flexibility index (Phi) is 4.08. The molecule has 0 radical (unpaired) electrons. The van der Waals surface area contributed by atoms with Crippen LogP contribution in [0.5, 0.6) is 0 Å². The van der Waals surface area contributed by atoms with Gasteiger partial charge in [-0.25, -0.2) is 0 Å². The standard InChI is InChI=1S/C16H32N2/c1-6-15(4)11-17-16(5,14-7-8-14)12-18(15)10-9-13(2)3/h13-14,17H,6-12H2,1-5H3. The fourth-order valence-corrected chi connectivity index (χ4v) is 3.25. The van der Waals surface area contributed by atoms with Crippen LogP contribution < -0.4 is 5.32 Å². The number of nitrogens with one attached hydrogen (secondary N) is 1. The van der Waals surface area contributed by atoms with Crippen LogP contribution in [0.4, 0.5) is 0 Å². The summed E-state index contributed by atoms with van der Waals surface area (Å²) < 4.78 is 0. The van der Waals surface area contributed by atoms with Gasteiger partial charge in [0.2, 0.25) is 0 Å². The minimum atomic E-state index is 0.364. The van der Waals surface area contributed by atoms with Crippen LogP contribution in [0, 0.1) is 11.8 Å². The van der Waals surface area contributed by atoms with Crippen molar-refractivity contribution >= 4 is 0 Å². The topological polar surface area (TPSA) is 15.3 Å². The highest BCUT2D eigenvalue weighted by Crippen LogP contribution is 2.43. The van der Waals surface area contributed by atoms with Crippen LogP contribution in [0.3, 0.4) is 0 Å². The lowest BCUT2D eigenvalue weighted by molar-refractivity contribution is 0.00779. The lowest BCUT2D eigenvalue weighted by Gasteiger charge is -2.53. The van der Waals surface area contributed by atoms with E-state index in [1.807, 2.05) is 0 Å². The Bertz CT molecular complexity index is 285. The van der Waals surface area contributed by atoms with E-state index < -0.39 is 0 Å². The fourth-order valence-electron chi connectivity index (χ4n) is 3.25. The first-order chi connectivity index (χ1) is 8.39. The summed E-state index contributed by atoms with van der Waals surface area (Å²) in [6, 6.07) is 0. The molecule has 2 unspecified atom stereocenters. The molecule has 2 fully saturated rings. The third-order valence-electron chi connectivity index (χ3n) is 5.37. The molecule has 0 spiro atoms. The number of piperazine rings is 1. The molecule has 1 saturated carbocycles. The van der Waals surface area contributed by atoms with E-state index in [0.717, 1.165) is 18.4 Å². The molecule has 0 aromatic heterocycles. The van der Waals surface area contributed by atoms with Crippen molar-refractivity contribution in [3.63, 3.8) is 0 Å². The summed E-state index contributed by atoms with van der Waals surface area (Å²) in [7, 11) is 0. The van der Waals surface area contributed by atoms with Crippen LogP contribution in [-0.2, 0) is 0 Å². The van der Waals surface area contributed by atoms with Crippen LogP contribution in [0.1, 0.15) is 60.3 Å². The van der Waals surface area contributed by atoms with E-state index in [-0.39, 0.29) is 0 Å². The normalized spacial score (nSPS) is 38.3. The van der Waals surface area contributed by atoms with Gasteiger partial charge in [0.15, 0.2) is 0 Å². The number of hydrogen-bond acceptors (Lipinski definition) is 2. The molecule has 1 heterocycles. The van der Waals surface area contributed by atoms with Crippen molar-refractivity contribution < 1.29 is 0 Å². The van der Waals surface area contributed by atoms with Crippen molar-refractivity contribution in [2.75, 3.05) is 19.6 Å². The first kappa shape index (κ1) is 14.3. The van der Waals surface area contributed by atoms with Crippen molar-refractivity contribution in [1.29, 1.82) is 0 Å². The molecule has 1 N–H and O–H groups in total. The van der Waals surface area contributed by atoms with Crippen LogP contribution >= 0.6 is 0 Å². The molecule has 0 amide bonds. The largest absolute Gasteiger partial charge is 0.308 e. The van der Waals surface area contributed by atoms with Crippen LogP contribution in [-0.4, -0.2) is 35.6 Å². The Balaban J connectivity index is 2.03. The highest BCUT2D eigenvalue weighted by molar-refractivity contribution is 5.07. The van der Waals surface area contributed by atoms with Crippen molar-refractivity contribution in [2.24, 2.45) is 11.8 Å². The van der Waals surface area contributed by atoms with Gasteiger partial charge >= 0.3 is 0 Å². The predicted molar refractivity (Wildman–Crippen MR) is 78.9 cm³/mol. The van der Waals surface area contributed by atoms with Gasteiger partial charge < -0.3 is 5.32 Å². The molecule has 2 atom stereocenters. The van der Waals surface area contributed by atoms with E-state index in [1.54, 1.807) is 0 Å². The first-order valence-corrected chi connectivity index (χ1v) is 7.90. The van der Waals surface area contributed by atoms with E-state index in [4.69, 9.17) is 0 Å². The van der Waals surface area contributed by atoms with Crippen molar-refractivity contribution in [1.82, 2.24) is 10.2 Å². The van der Waals surface area contributed by atoms with Gasteiger partial charge in [-0.2, -0.15) is 0 Å². The minimum Gasteiger partial charge on any atom is -0.308 e. The Morgan fingerprint density at radius 1 is 1.28 bits per heavy atom. The molecule has 2 nitrogen and oxygen atoms in total. The van der Waals surface area contributed by atoms with Gasteiger partial charge in [-0.15, -0.1) is 0 Å². The Hall–Kier alpha value is -0.0800. The van der Waals surface area contributed by atoms with Crippen molar-refractivity contribution in [2.45, 2.75) is 71.4 Å². The molecule has 1 aliphatic carbocycles. The summed E-state index contributed by atoms with van der Waals surface area (Å²) in [5.41, 5.74) is 0.745. The monoisotopic (exact) mass is 252 g/mol. The zero-order chi connectivity index (χ0) is 13.4. The van der Waals surface area contributed by atoms with Gasteiger partial charge in [0.25, 0.3) is 0 Å². The summed E-state index contributed by atoms with van der Waals surface area (Å²) in [4.78, 5) is 2.78. The van der Waals surface area contributed by atoms with Crippen molar-refractivity contribution in [3.05, 3.63) is 0 Å². The summed E-state index contributed by atoms with van der Waals surface area (Å²) in [6.07, 6.45) is 5.45. The maximum absolute atomic E-state index is 3.87. The maximum atomic E-state index is 3.87. The third-order valence-corrected chi connectivity index (χ3v) is 5.37. The van der Waals surface area contributed by atoms with Gasteiger partial charge in [-0.05, 0) is 57.9 Å². The lowest BCUT2D eigenvalue weighted by Crippen LogP contribution is -2.68. The Labute approximate surface area is 114 Å². The lowest BCUT2D eigenvalue weighted by atomic mass is 9.84. The van der Waals surface area contributed by atoms with E-state index in [1.165, 1.54) is 38.8 Å². The SMILES string of the molecule is CCC1(C)CNC(C)(C2CC2)CN1CCC(C)C. The molecular formula is C16H32N2. The third kappa shape index (κ3) is 2.91. The zero-order valence-electron chi connectivity index (χ0n) is 13.1. The zero-order valence-corrected chi connectivity index (χ0v) is 13.1. The van der Waals surface area contributed by atoms with Crippen LogP contribution in [0.15, 0.2) is 0 Å².